The van der Waals surface area contributed by atoms with Crippen molar-refractivity contribution in [2.24, 2.45) is 0 Å². The van der Waals surface area contributed by atoms with Crippen molar-refractivity contribution in [3.63, 3.8) is 0 Å². The van der Waals surface area contributed by atoms with Crippen LogP contribution in [0.2, 0.25) is 5.02 Å². The summed E-state index contributed by atoms with van der Waals surface area (Å²) in [7, 11) is 0. The number of nitriles is 1. The molecule has 2 aromatic rings. The molecular formula is C27H31ClF3N5O. The zero-order valence-electron chi connectivity index (χ0n) is 20.6. The lowest BCUT2D eigenvalue weighted by atomic mass is 10.0. The van der Waals surface area contributed by atoms with Gasteiger partial charge < -0.3 is 15.1 Å². The number of nitrogens with one attached hydrogen (secondary N) is 1. The van der Waals surface area contributed by atoms with Crippen molar-refractivity contribution in [2.75, 3.05) is 56.0 Å². The molecule has 2 aliphatic heterocycles. The largest absolute Gasteiger partial charge is 0.417 e. The van der Waals surface area contributed by atoms with Crippen LogP contribution in [0.15, 0.2) is 42.5 Å². The van der Waals surface area contributed by atoms with Crippen molar-refractivity contribution >= 4 is 28.9 Å². The second-order valence-electron chi connectivity index (χ2n) is 9.58. The van der Waals surface area contributed by atoms with E-state index in [1.54, 1.807) is 6.07 Å². The third-order valence-electron chi connectivity index (χ3n) is 7.09. The summed E-state index contributed by atoms with van der Waals surface area (Å²) in [5, 5.41) is 12.8. The number of anilines is 2. The Labute approximate surface area is 220 Å². The van der Waals surface area contributed by atoms with Crippen LogP contribution in [-0.4, -0.2) is 67.6 Å². The Hall–Kier alpha value is -2.96. The zero-order chi connectivity index (χ0) is 26.4. The first-order chi connectivity index (χ1) is 17.7. The van der Waals surface area contributed by atoms with E-state index in [0.29, 0.717) is 38.0 Å². The number of alkyl halides is 3. The van der Waals surface area contributed by atoms with E-state index in [0.717, 1.165) is 50.2 Å². The highest BCUT2D eigenvalue weighted by Crippen LogP contribution is 2.34. The quantitative estimate of drug-likeness (QED) is 0.527. The molecule has 2 aliphatic rings. The van der Waals surface area contributed by atoms with E-state index >= 15 is 0 Å². The van der Waals surface area contributed by atoms with Gasteiger partial charge in [-0.15, -0.1) is 0 Å². The number of benzene rings is 2. The summed E-state index contributed by atoms with van der Waals surface area (Å²) in [6.07, 6.45) is -1.94. The number of rotatable bonds is 7. The van der Waals surface area contributed by atoms with Crippen molar-refractivity contribution in [3.05, 3.63) is 58.6 Å². The minimum Gasteiger partial charge on any atom is -0.382 e. The van der Waals surface area contributed by atoms with Crippen LogP contribution >= 0.6 is 11.6 Å². The monoisotopic (exact) mass is 533 g/mol. The van der Waals surface area contributed by atoms with Gasteiger partial charge in [-0.05, 0) is 68.3 Å². The van der Waals surface area contributed by atoms with Crippen LogP contribution in [0.3, 0.4) is 0 Å². The van der Waals surface area contributed by atoms with Gasteiger partial charge in [0.1, 0.15) is 0 Å². The molecule has 0 atom stereocenters. The highest BCUT2D eigenvalue weighted by molar-refractivity contribution is 6.30. The molecule has 1 N–H and O–H groups in total. The normalized spacial score (nSPS) is 17.5. The summed E-state index contributed by atoms with van der Waals surface area (Å²) in [5.41, 5.74) is 0.199. The van der Waals surface area contributed by atoms with Gasteiger partial charge in [-0.2, -0.15) is 18.4 Å². The van der Waals surface area contributed by atoms with E-state index in [1.807, 2.05) is 29.2 Å². The Bertz CT molecular complexity index is 1100. The van der Waals surface area contributed by atoms with Crippen LogP contribution < -0.4 is 10.2 Å². The molecule has 37 heavy (non-hydrogen) atoms. The highest BCUT2D eigenvalue weighted by Gasteiger charge is 2.34. The molecule has 6 nitrogen and oxygen atoms in total. The molecule has 2 heterocycles. The molecule has 10 heteroatoms. The maximum absolute atomic E-state index is 13.2. The van der Waals surface area contributed by atoms with Gasteiger partial charge in [0.15, 0.2) is 0 Å². The first-order valence-electron chi connectivity index (χ1n) is 12.6. The topological polar surface area (TPSA) is 62.6 Å². The SMILES string of the molecule is N#Cc1ccc(NC2CCN(C(=O)CCCN3CCN(c4ccc(Cl)cc4)CC3)CC2)cc1C(F)(F)F. The predicted molar refractivity (Wildman–Crippen MR) is 139 cm³/mol. The van der Waals surface area contributed by atoms with Crippen LogP contribution in [0, 0.1) is 11.3 Å². The van der Waals surface area contributed by atoms with Crippen molar-refractivity contribution in [3.8, 4) is 6.07 Å². The van der Waals surface area contributed by atoms with Crippen molar-refractivity contribution < 1.29 is 18.0 Å². The fourth-order valence-corrected chi connectivity index (χ4v) is 5.09. The van der Waals surface area contributed by atoms with Gasteiger partial charge in [-0.1, -0.05) is 11.6 Å². The fraction of sp³-hybridized carbons (Fsp3) is 0.481. The predicted octanol–water partition coefficient (Wildman–Crippen LogP) is 5.24. The molecule has 0 aromatic heterocycles. The molecule has 0 saturated carbocycles. The first kappa shape index (κ1) is 27.1. The maximum Gasteiger partial charge on any atom is 0.417 e. The molecule has 2 aromatic carbocycles. The molecule has 1 amide bonds. The minimum absolute atomic E-state index is 0.0185. The van der Waals surface area contributed by atoms with Gasteiger partial charge in [0.05, 0.1) is 17.2 Å². The van der Waals surface area contributed by atoms with Gasteiger partial charge in [0, 0.05) is 68.1 Å². The number of halogens is 4. The summed E-state index contributed by atoms with van der Waals surface area (Å²) < 4.78 is 39.7. The van der Waals surface area contributed by atoms with E-state index in [2.05, 4.69) is 15.1 Å². The van der Waals surface area contributed by atoms with Crippen LogP contribution in [0.5, 0.6) is 0 Å². The van der Waals surface area contributed by atoms with Gasteiger partial charge in [-0.25, -0.2) is 0 Å². The maximum atomic E-state index is 13.2. The van der Waals surface area contributed by atoms with Crippen LogP contribution in [0.4, 0.5) is 24.5 Å². The molecule has 198 valence electrons. The minimum atomic E-state index is -4.58. The van der Waals surface area contributed by atoms with Gasteiger partial charge >= 0.3 is 6.18 Å². The van der Waals surface area contributed by atoms with E-state index in [-0.39, 0.29) is 17.5 Å². The van der Waals surface area contributed by atoms with E-state index in [4.69, 9.17) is 16.9 Å². The summed E-state index contributed by atoms with van der Waals surface area (Å²) in [4.78, 5) is 19.3. The van der Waals surface area contributed by atoms with Crippen LogP contribution in [-0.2, 0) is 11.0 Å². The van der Waals surface area contributed by atoms with Crippen LogP contribution in [0.1, 0.15) is 36.8 Å². The summed E-state index contributed by atoms with van der Waals surface area (Å²) in [6.45, 7) is 5.86. The van der Waals surface area contributed by atoms with Gasteiger partial charge in [-0.3, -0.25) is 9.69 Å². The Morgan fingerprint density at radius 3 is 2.32 bits per heavy atom. The Morgan fingerprint density at radius 1 is 1.03 bits per heavy atom. The number of hydrogen-bond donors (Lipinski definition) is 1. The standard InChI is InChI=1S/C27H31ClF3N5O/c28-21-4-7-24(8-5-21)35-16-14-34(15-17-35)11-1-2-26(37)36-12-9-22(10-13-36)33-23-6-3-20(19-32)25(18-23)27(29,30)31/h3-8,18,22,33H,1-2,9-17H2. The lowest BCUT2D eigenvalue weighted by Gasteiger charge is -2.36. The Kier molecular flexibility index (Phi) is 8.83. The average molecular weight is 534 g/mol. The van der Waals surface area contributed by atoms with E-state index < -0.39 is 11.7 Å². The lowest BCUT2D eigenvalue weighted by Crippen LogP contribution is -2.47. The third kappa shape index (κ3) is 7.30. The number of piperidine rings is 1. The molecule has 0 bridgehead atoms. The van der Waals surface area contributed by atoms with Gasteiger partial charge in [0.2, 0.25) is 5.91 Å². The summed E-state index contributed by atoms with van der Waals surface area (Å²) in [6, 6.07) is 13.2. The number of carbonyl (C=O) groups excluding carboxylic acids is 1. The molecule has 0 radical (unpaired) electrons. The Morgan fingerprint density at radius 2 is 1.70 bits per heavy atom. The highest BCUT2D eigenvalue weighted by atomic mass is 35.5. The molecule has 0 unspecified atom stereocenters. The fourth-order valence-electron chi connectivity index (χ4n) is 4.97. The van der Waals surface area contributed by atoms with Crippen molar-refractivity contribution in [1.29, 1.82) is 5.26 Å². The molecule has 2 fully saturated rings. The van der Waals surface area contributed by atoms with E-state index in [9.17, 15) is 18.0 Å². The number of carbonyl (C=O) groups is 1. The molecule has 0 spiro atoms. The van der Waals surface area contributed by atoms with Crippen LogP contribution in [0.25, 0.3) is 0 Å². The molecular weight excluding hydrogens is 503 g/mol. The van der Waals surface area contributed by atoms with Crippen molar-refractivity contribution in [1.82, 2.24) is 9.80 Å². The molecule has 0 aliphatic carbocycles. The smallest absolute Gasteiger partial charge is 0.382 e. The third-order valence-corrected chi connectivity index (χ3v) is 7.34. The number of piperazine rings is 1. The second kappa shape index (κ2) is 12.1. The second-order valence-corrected chi connectivity index (χ2v) is 10.0. The first-order valence-corrected chi connectivity index (χ1v) is 13.0. The summed E-state index contributed by atoms with van der Waals surface area (Å²) >= 11 is 5.98. The average Bonchev–Trinajstić information content (AvgIpc) is 2.89. The Balaban J connectivity index is 1.16. The van der Waals surface area contributed by atoms with Crippen molar-refractivity contribution in [2.45, 2.75) is 37.9 Å². The number of amides is 1. The number of likely N-dealkylation sites (tertiary alicyclic amines) is 1. The lowest BCUT2D eigenvalue weighted by molar-refractivity contribution is -0.137. The summed E-state index contributed by atoms with van der Waals surface area (Å²) in [5.74, 6) is 0.135. The van der Waals surface area contributed by atoms with E-state index in [1.165, 1.54) is 17.8 Å². The van der Waals surface area contributed by atoms with Gasteiger partial charge in [0.25, 0.3) is 0 Å². The number of nitrogens with zero attached hydrogens (tertiary/aromatic N) is 4. The zero-order valence-corrected chi connectivity index (χ0v) is 21.4. The molecule has 2 saturated heterocycles. The molecule has 4 rings (SSSR count). The number of hydrogen-bond acceptors (Lipinski definition) is 5.